The summed E-state index contributed by atoms with van der Waals surface area (Å²) in [5.74, 6) is -0.0193. The molecule has 3 unspecified atom stereocenters. The number of halogens is 1. The van der Waals surface area contributed by atoms with Gasteiger partial charge in [0.1, 0.15) is 12.1 Å². The number of aryl methyl sites for hydroxylation is 1. The standard InChI is InChI=1S/C16H21BrN2O2/c1-5-9(2)14-16(21)19(11(4)15(20)18-14)12-7-6-10(3)13(17)8-12/h6-9,11,14H,5H2,1-4H3,(H,18,20). The lowest BCUT2D eigenvalue weighted by Crippen LogP contribution is -2.64. The summed E-state index contributed by atoms with van der Waals surface area (Å²) < 4.78 is 0.936. The van der Waals surface area contributed by atoms with Crippen LogP contribution in [0, 0.1) is 12.8 Å². The van der Waals surface area contributed by atoms with Crippen LogP contribution in [-0.4, -0.2) is 23.9 Å². The monoisotopic (exact) mass is 352 g/mol. The van der Waals surface area contributed by atoms with E-state index in [4.69, 9.17) is 0 Å². The lowest BCUT2D eigenvalue weighted by Gasteiger charge is -2.39. The van der Waals surface area contributed by atoms with Crippen molar-refractivity contribution in [3.8, 4) is 0 Å². The highest BCUT2D eigenvalue weighted by atomic mass is 79.9. The van der Waals surface area contributed by atoms with Gasteiger partial charge in [-0.15, -0.1) is 0 Å². The third-order valence-electron chi connectivity index (χ3n) is 4.21. The predicted octanol–water partition coefficient (Wildman–Crippen LogP) is 3.02. The fraction of sp³-hybridized carbons (Fsp3) is 0.500. The van der Waals surface area contributed by atoms with E-state index in [1.807, 2.05) is 39.0 Å². The van der Waals surface area contributed by atoms with Crippen LogP contribution in [0.15, 0.2) is 22.7 Å². The molecular weight excluding hydrogens is 332 g/mol. The van der Waals surface area contributed by atoms with Gasteiger partial charge < -0.3 is 5.32 Å². The summed E-state index contributed by atoms with van der Waals surface area (Å²) in [5, 5.41) is 2.85. The van der Waals surface area contributed by atoms with Gasteiger partial charge in [-0.05, 0) is 37.5 Å². The molecule has 4 nitrogen and oxygen atoms in total. The SMILES string of the molecule is CCC(C)C1NC(=O)C(C)N(c2ccc(C)c(Br)c2)C1=O. The molecule has 5 heteroatoms. The number of benzene rings is 1. The van der Waals surface area contributed by atoms with Crippen LogP contribution in [0.5, 0.6) is 0 Å². The van der Waals surface area contributed by atoms with Crippen molar-refractivity contribution in [2.45, 2.75) is 46.2 Å². The van der Waals surface area contributed by atoms with Gasteiger partial charge in [-0.25, -0.2) is 0 Å². The maximum atomic E-state index is 12.8. The van der Waals surface area contributed by atoms with Crippen molar-refractivity contribution in [1.82, 2.24) is 5.32 Å². The average molecular weight is 353 g/mol. The first-order chi connectivity index (χ1) is 9.86. The molecule has 0 radical (unpaired) electrons. The zero-order valence-corrected chi connectivity index (χ0v) is 14.4. The predicted molar refractivity (Wildman–Crippen MR) is 87.2 cm³/mol. The molecule has 0 bridgehead atoms. The number of carbonyl (C=O) groups excluding carboxylic acids is 2. The Kier molecular flexibility index (Phi) is 4.71. The Labute approximate surface area is 134 Å². The molecule has 114 valence electrons. The van der Waals surface area contributed by atoms with E-state index in [0.717, 1.165) is 22.1 Å². The fourth-order valence-corrected chi connectivity index (χ4v) is 2.86. The van der Waals surface area contributed by atoms with Crippen molar-refractivity contribution in [1.29, 1.82) is 0 Å². The Morgan fingerprint density at radius 3 is 2.62 bits per heavy atom. The Hall–Kier alpha value is -1.36. The normalized spacial score (nSPS) is 24.0. The quantitative estimate of drug-likeness (QED) is 0.908. The van der Waals surface area contributed by atoms with Crippen LogP contribution < -0.4 is 10.2 Å². The van der Waals surface area contributed by atoms with E-state index in [9.17, 15) is 9.59 Å². The molecule has 0 aliphatic carbocycles. The van der Waals surface area contributed by atoms with Gasteiger partial charge in [0.15, 0.2) is 0 Å². The van der Waals surface area contributed by atoms with Gasteiger partial charge in [-0.2, -0.15) is 0 Å². The van der Waals surface area contributed by atoms with Crippen molar-refractivity contribution >= 4 is 33.4 Å². The highest BCUT2D eigenvalue weighted by molar-refractivity contribution is 9.10. The number of rotatable bonds is 3. The molecule has 3 atom stereocenters. The van der Waals surface area contributed by atoms with E-state index >= 15 is 0 Å². The molecule has 1 aliphatic rings. The smallest absolute Gasteiger partial charge is 0.250 e. The van der Waals surface area contributed by atoms with Crippen molar-refractivity contribution in [3.63, 3.8) is 0 Å². The number of nitrogens with one attached hydrogen (secondary N) is 1. The molecule has 1 aromatic carbocycles. The first-order valence-electron chi connectivity index (χ1n) is 7.26. The van der Waals surface area contributed by atoms with E-state index in [0.29, 0.717) is 0 Å². The van der Waals surface area contributed by atoms with E-state index in [1.165, 1.54) is 0 Å². The number of anilines is 1. The molecule has 1 saturated heterocycles. The van der Waals surface area contributed by atoms with E-state index < -0.39 is 12.1 Å². The van der Waals surface area contributed by atoms with E-state index in [-0.39, 0.29) is 17.7 Å². The lowest BCUT2D eigenvalue weighted by molar-refractivity contribution is -0.134. The summed E-state index contributed by atoms with van der Waals surface area (Å²) in [4.78, 5) is 26.6. The van der Waals surface area contributed by atoms with Crippen molar-refractivity contribution in [3.05, 3.63) is 28.2 Å². The molecule has 1 aliphatic heterocycles. The third kappa shape index (κ3) is 2.98. The minimum atomic E-state index is -0.493. The molecule has 0 aromatic heterocycles. The molecule has 2 rings (SSSR count). The van der Waals surface area contributed by atoms with Gasteiger partial charge in [0, 0.05) is 10.2 Å². The minimum Gasteiger partial charge on any atom is -0.342 e. The Morgan fingerprint density at radius 1 is 1.38 bits per heavy atom. The molecule has 1 fully saturated rings. The topological polar surface area (TPSA) is 49.4 Å². The largest absolute Gasteiger partial charge is 0.342 e. The van der Waals surface area contributed by atoms with Gasteiger partial charge in [0.2, 0.25) is 5.91 Å². The molecule has 1 heterocycles. The van der Waals surface area contributed by atoms with Crippen molar-refractivity contribution in [2.24, 2.45) is 5.92 Å². The molecule has 0 saturated carbocycles. The maximum Gasteiger partial charge on any atom is 0.250 e. The Bertz CT molecular complexity index is 573. The van der Waals surface area contributed by atoms with Crippen LogP contribution in [0.1, 0.15) is 32.8 Å². The molecule has 1 N–H and O–H groups in total. The highest BCUT2D eigenvalue weighted by Crippen LogP contribution is 2.28. The number of nitrogens with zero attached hydrogens (tertiary/aromatic N) is 1. The number of amides is 2. The summed E-state index contributed by atoms with van der Waals surface area (Å²) in [6.45, 7) is 7.76. The second kappa shape index (κ2) is 6.18. The molecule has 21 heavy (non-hydrogen) atoms. The van der Waals surface area contributed by atoms with Crippen LogP contribution in [-0.2, 0) is 9.59 Å². The summed E-state index contributed by atoms with van der Waals surface area (Å²) in [5.41, 5.74) is 1.85. The van der Waals surface area contributed by atoms with Gasteiger partial charge in [-0.3, -0.25) is 14.5 Å². The van der Waals surface area contributed by atoms with Crippen LogP contribution in [0.4, 0.5) is 5.69 Å². The second-order valence-electron chi connectivity index (χ2n) is 5.69. The molecule has 0 spiro atoms. The zero-order chi connectivity index (χ0) is 15.7. The van der Waals surface area contributed by atoms with Crippen LogP contribution in [0.2, 0.25) is 0 Å². The van der Waals surface area contributed by atoms with Gasteiger partial charge >= 0.3 is 0 Å². The highest BCUT2D eigenvalue weighted by Gasteiger charge is 2.40. The summed E-state index contributed by atoms with van der Waals surface area (Å²) in [6.07, 6.45) is 0.844. The number of carbonyl (C=O) groups is 2. The lowest BCUT2D eigenvalue weighted by atomic mass is 9.94. The third-order valence-corrected chi connectivity index (χ3v) is 5.07. The molecule has 2 amide bonds. The number of hydrogen-bond acceptors (Lipinski definition) is 2. The van der Waals surface area contributed by atoms with Crippen LogP contribution >= 0.6 is 15.9 Å². The first-order valence-corrected chi connectivity index (χ1v) is 8.05. The second-order valence-corrected chi connectivity index (χ2v) is 6.54. The fourth-order valence-electron chi connectivity index (χ4n) is 2.50. The van der Waals surface area contributed by atoms with Gasteiger partial charge in [0.25, 0.3) is 5.91 Å². The average Bonchev–Trinajstić information content (AvgIpc) is 2.46. The van der Waals surface area contributed by atoms with E-state index in [1.54, 1.807) is 11.8 Å². The molecular formula is C16H21BrN2O2. The first kappa shape index (κ1) is 16.0. The van der Waals surface area contributed by atoms with E-state index in [2.05, 4.69) is 21.2 Å². The van der Waals surface area contributed by atoms with Crippen molar-refractivity contribution < 1.29 is 9.59 Å². The summed E-state index contributed by atoms with van der Waals surface area (Å²) in [7, 11) is 0. The van der Waals surface area contributed by atoms with Crippen LogP contribution in [0.3, 0.4) is 0 Å². The minimum absolute atomic E-state index is 0.0350. The van der Waals surface area contributed by atoms with Gasteiger partial charge in [-0.1, -0.05) is 42.3 Å². The zero-order valence-electron chi connectivity index (χ0n) is 12.8. The maximum absolute atomic E-state index is 12.8. The van der Waals surface area contributed by atoms with Crippen LogP contribution in [0.25, 0.3) is 0 Å². The van der Waals surface area contributed by atoms with Crippen molar-refractivity contribution in [2.75, 3.05) is 4.90 Å². The van der Waals surface area contributed by atoms with Gasteiger partial charge in [0.05, 0.1) is 0 Å². The summed E-state index contributed by atoms with van der Waals surface area (Å²) >= 11 is 3.49. The number of piperazine rings is 1. The number of hydrogen-bond donors (Lipinski definition) is 1. The Balaban J connectivity index is 2.40. The Morgan fingerprint density at radius 2 is 2.05 bits per heavy atom. The summed E-state index contributed by atoms with van der Waals surface area (Å²) in [6, 6.07) is 4.80. The molecule has 1 aromatic rings.